The normalized spacial score (nSPS) is 20.0. The van der Waals surface area contributed by atoms with Crippen molar-refractivity contribution < 1.29 is 14.3 Å². The molecule has 2 unspecified atom stereocenters. The van der Waals surface area contributed by atoms with Gasteiger partial charge in [-0.25, -0.2) is 4.79 Å². The molecular weight excluding hydrogens is 314 g/mol. The van der Waals surface area contributed by atoms with E-state index in [0.29, 0.717) is 18.1 Å². The third-order valence-corrected chi connectivity index (χ3v) is 4.37. The van der Waals surface area contributed by atoms with E-state index in [1.807, 2.05) is 39.0 Å². The second kappa shape index (κ2) is 7.35. The molecule has 1 amide bonds. The van der Waals surface area contributed by atoms with Gasteiger partial charge in [0.15, 0.2) is 0 Å². The van der Waals surface area contributed by atoms with Crippen LogP contribution in [0.2, 0.25) is 5.02 Å². The Hall–Kier alpha value is -1.55. The van der Waals surface area contributed by atoms with Crippen molar-refractivity contribution in [1.82, 2.24) is 4.90 Å². The first-order valence-corrected chi connectivity index (χ1v) is 8.37. The maximum absolute atomic E-state index is 12.3. The zero-order valence-corrected chi connectivity index (χ0v) is 14.7. The fraction of sp³-hybridized carbons (Fsp3) is 0.556. The number of aldehydes is 1. The van der Waals surface area contributed by atoms with E-state index in [1.165, 1.54) is 0 Å². The quantitative estimate of drug-likeness (QED) is 0.774. The zero-order valence-electron chi connectivity index (χ0n) is 13.9. The summed E-state index contributed by atoms with van der Waals surface area (Å²) in [6.45, 7) is 6.74. The predicted octanol–water partition coefficient (Wildman–Crippen LogP) is 4.27. The van der Waals surface area contributed by atoms with Gasteiger partial charge in [0.1, 0.15) is 11.9 Å². The molecule has 1 fully saturated rings. The minimum Gasteiger partial charge on any atom is -0.444 e. The van der Waals surface area contributed by atoms with Crippen LogP contribution in [0, 0.1) is 5.92 Å². The number of benzene rings is 1. The number of hydrogen-bond donors (Lipinski definition) is 0. The first-order valence-electron chi connectivity index (χ1n) is 7.99. The Morgan fingerprint density at radius 3 is 2.70 bits per heavy atom. The molecule has 4 nitrogen and oxygen atoms in total. The molecule has 0 aromatic heterocycles. The highest BCUT2D eigenvalue weighted by Crippen LogP contribution is 2.34. The minimum atomic E-state index is -0.517. The van der Waals surface area contributed by atoms with Crippen LogP contribution in [0.5, 0.6) is 0 Å². The molecule has 1 heterocycles. The van der Waals surface area contributed by atoms with Crippen molar-refractivity contribution in [3.63, 3.8) is 0 Å². The highest BCUT2D eigenvalue weighted by Gasteiger charge is 2.32. The summed E-state index contributed by atoms with van der Waals surface area (Å²) in [5, 5.41) is 0.596. The highest BCUT2D eigenvalue weighted by molar-refractivity contribution is 6.31. The van der Waals surface area contributed by atoms with Crippen LogP contribution in [-0.4, -0.2) is 36.0 Å². The maximum Gasteiger partial charge on any atom is 0.410 e. The summed E-state index contributed by atoms with van der Waals surface area (Å²) < 4.78 is 5.44. The molecule has 0 spiro atoms. The van der Waals surface area contributed by atoms with Crippen molar-refractivity contribution in [1.29, 1.82) is 0 Å². The number of rotatable bonds is 3. The molecule has 2 rings (SSSR count). The number of halogens is 1. The number of piperidine rings is 1. The van der Waals surface area contributed by atoms with Crippen LogP contribution >= 0.6 is 11.6 Å². The summed E-state index contributed by atoms with van der Waals surface area (Å²) in [6, 6.07) is 7.41. The molecule has 1 aromatic rings. The van der Waals surface area contributed by atoms with E-state index in [4.69, 9.17) is 16.3 Å². The van der Waals surface area contributed by atoms with Gasteiger partial charge in [-0.2, -0.15) is 0 Å². The van der Waals surface area contributed by atoms with Gasteiger partial charge in [-0.1, -0.05) is 29.8 Å². The smallest absolute Gasteiger partial charge is 0.410 e. The van der Waals surface area contributed by atoms with Crippen LogP contribution in [0.1, 0.15) is 45.1 Å². The second-order valence-electron chi connectivity index (χ2n) is 7.01. The summed E-state index contributed by atoms with van der Waals surface area (Å²) >= 11 is 6.24. The Balaban J connectivity index is 2.12. The lowest BCUT2D eigenvalue weighted by Crippen LogP contribution is -2.44. The van der Waals surface area contributed by atoms with Gasteiger partial charge >= 0.3 is 6.09 Å². The lowest BCUT2D eigenvalue weighted by molar-refractivity contribution is -0.110. The maximum atomic E-state index is 12.3. The molecule has 5 heteroatoms. The Bertz CT molecular complexity index is 568. The predicted molar refractivity (Wildman–Crippen MR) is 90.8 cm³/mol. The number of carbonyl (C=O) groups excluding carboxylic acids is 2. The number of likely N-dealkylation sites (tertiary alicyclic amines) is 1. The molecule has 0 bridgehead atoms. The largest absolute Gasteiger partial charge is 0.444 e. The summed E-state index contributed by atoms with van der Waals surface area (Å²) in [7, 11) is 0. The van der Waals surface area contributed by atoms with Gasteiger partial charge in [-0.3, -0.25) is 0 Å². The minimum absolute atomic E-state index is 0.0636. The van der Waals surface area contributed by atoms with Gasteiger partial charge < -0.3 is 14.4 Å². The third-order valence-electron chi connectivity index (χ3n) is 4.03. The molecule has 0 radical (unpaired) electrons. The van der Waals surface area contributed by atoms with Crippen LogP contribution in [0.25, 0.3) is 0 Å². The fourth-order valence-electron chi connectivity index (χ4n) is 2.98. The molecule has 0 aliphatic carbocycles. The summed E-state index contributed by atoms with van der Waals surface area (Å²) in [6.07, 6.45) is 2.39. The van der Waals surface area contributed by atoms with Gasteiger partial charge in [0.2, 0.25) is 0 Å². The van der Waals surface area contributed by atoms with Crippen molar-refractivity contribution >= 4 is 24.0 Å². The van der Waals surface area contributed by atoms with E-state index >= 15 is 0 Å². The summed E-state index contributed by atoms with van der Waals surface area (Å²) in [5.74, 6) is -0.234. The van der Waals surface area contributed by atoms with Gasteiger partial charge in [0.25, 0.3) is 0 Å². The number of nitrogens with zero attached hydrogens (tertiary/aromatic N) is 1. The lowest BCUT2D eigenvalue weighted by atomic mass is 9.82. The van der Waals surface area contributed by atoms with Gasteiger partial charge in [0.05, 0.1) is 0 Å². The molecule has 1 saturated heterocycles. The molecular formula is C18H24ClNO3. The topological polar surface area (TPSA) is 46.6 Å². The van der Waals surface area contributed by atoms with Crippen LogP contribution < -0.4 is 0 Å². The first-order chi connectivity index (χ1) is 10.8. The zero-order chi connectivity index (χ0) is 17.0. The van der Waals surface area contributed by atoms with Crippen LogP contribution in [0.4, 0.5) is 4.79 Å². The van der Waals surface area contributed by atoms with Crippen LogP contribution in [-0.2, 0) is 9.53 Å². The van der Waals surface area contributed by atoms with Crippen LogP contribution in [0.3, 0.4) is 0 Å². The second-order valence-corrected chi connectivity index (χ2v) is 7.42. The van der Waals surface area contributed by atoms with Crippen LogP contribution in [0.15, 0.2) is 24.3 Å². The molecule has 23 heavy (non-hydrogen) atoms. The molecule has 1 aromatic carbocycles. The summed E-state index contributed by atoms with van der Waals surface area (Å²) in [4.78, 5) is 25.6. The SMILES string of the molecule is CC(C)(C)OC(=O)N1CCCC(C(C=O)c2ccccc2Cl)C1. The number of ether oxygens (including phenoxy) is 1. The molecule has 1 aliphatic heterocycles. The van der Waals surface area contributed by atoms with Gasteiger partial charge in [0, 0.05) is 24.0 Å². The van der Waals surface area contributed by atoms with E-state index < -0.39 is 5.60 Å². The van der Waals surface area contributed by atoms with Crippen molar-refractivity contribution in [2.45, 2.75) is 45.1 Å². The Morgan fingerprint density at radius 1 is 1.39 bits per heavy atom. The van der Waals surface area contributed by atoms with Crippen molar-refractivity contribution in [3.8, 4) is 0 Å². The third kappa shape index (κ3) is 4.71. The Morgan fingerprint density at radius 2 is 2.09 bits per heavy atom. The van der Waals surface area contributed by atoms with E-state index in [9.17, 15) is 9.59 Å². The van der Waals surface area contributed by atoms with Gasteiger partial charge in [-0.15, -0.1) is 0 Å². The van der Waals surface area contributed by atoms with E-state index in [2.05, 4.69) is 0 Å². The van der Waals surface area contributed by atoms with E-state index in [1.54, 1.807) is 11.0 Å². The monoisotopic (exact) mass is 337 g/mol. The Labute approximate surface area is 142 Å². The summed E-state index contributed by atoms with van der Waals surface area (Å²) in [5.41, 5.74) is 0.316. The van der Waals surface area contributed by atoms with E-state index in [-0.39, 0.29) is 17.9 Å². The first kappa shape index (κ1) is 17.8. The molecule has 2 atom stereocenters. The van der Waals surface area contributed by atoms with Gasteiger partial charge in [-0.05, 0) is 51.2 Å². The van der Waals surface area contributed by atoms with Crippen molar-refractivity contribution in [2.75, 3.05) is 13.1 Å². The molecule has 0 N–H and O–H groups in total. The Kier molecular flexibility index (Phi) is 5.69. The number of hydrogen-bond acceptors (Lipinski definition) is 3. The molecule has 0 saturated carbocycles. The number of carbonyl (C=O) groups is 2. The van der Waals surface area contributed by atoms with E-state index in [0.717, 1.165) is 24.7 Å². The average molecular weight is 338 g/mol. The number of amides is 1. The lowest BCUT2D eigenvalue weighted by Gasteiger charge is -2.36. The van der Waals surface area contributed by atoms with Crippen molar-refractivity contribution in [3.05, 3.63) is 34.9 Å². The van der Waals surface area contributed by atoms with Crippen molar-refractivity contribution in [2.24, 2.45) is 5.92 Å². The molecule has 1 aliphatic rings. The standard InChI is InChI=1S/C18H24ClNO3/c1-18(2,3)23-17(22)20-10-6-7-13(11-20)15(12-21)14-8-4-5-9-16(14)19/h4-5,8-9,12-13,15H,6-7,10-11H2,1-3H3. The fourth-order valence-corrected chi connectivity index (χ4v) is 3.24. The highest BCUT2D eigenvalue weighted by atomic mass is 35.5. The average Bonchev–Trinajstić information content (AvgIpc) is 2.48. The molecule has 126 valence electrons.